The van der Waals surface area contributed by atoms with Crippen LogP contribution in [0.15, 0.2) is 40.1 Å². The van der Waals surface area contributed by atoms with Crippen LogP contribution in [0.5, 0.6) is 0 Å². The van der Waals surface area contributed by atoms with E-state index in [1.54, 1.807) is 6.92 Å². The van der Waals surface area contributed by atoms with Gasteiger partial charge in [-0.05, 0) is 26.0 Å². The van der Waals surface area contributed by atoms with Gasteiger partial charge in [-0.15, -0.1) is 0 Å². The lowest BCUT2D eigenvalue weighted by molar-refractivity contribution is -0.133. The SMILES string of the molecule is Cc1cn([C@H]2CN(C(=O)Cn3c(C(C)C)nc4ccccc43)C[C@H](O)C[C@]2(C)O)c(=O)[nH]c1=O. The molecule has 0 spiro atoms. The third kappa shape index (κ3) is 4.43. The highest BCUT2D eigenvalue weighted by Crippen LogP contribution is 2.31. The van der Waals surface area contributed by atoms with Crippen LogP contribution < -0.4 is 11.2 Å². The molecule has 1 fully saturated rings. The van der Waals surface area contributed by atoms with E-state index >= 15 is 0 Å². The van der Waals surface area contributed by atoms with Crippen LogP contribution in [0.1, 0.15) is 50.5 Å². The molecule has 3 N–H and O–H groups in total. The number of nitrogens with zero attached hydrogens (tertiary/aromatic N) is 4. The molecule has 1 aliphatic heterocycles. The first-order valence-corrected chi connectivity index (χ1v) is 11.4. The van der Waals surface area contributed by atoms with Gasteiger partial charge in [0.15, 0.2) is 0 Å². The van der Waals surface area contributed by atoms with Gasteiger partial charge in [-0.2, -0.15) is 0 Å². The fourth-order valence-corrected chi connectivity index (χ4v) is 4.76. The Bertz CT molecular complexity index is 1340. The number of imidazole rings is 1. The number of hydrogen-bond acceptors (Lipinski definition) is 6. The highest BCUT2D eigenvalue weighted by atomic mass is 16.3. The highest BCUT2D eigenvalue weighted by molar-refractivity contribution is 5.81. The van der Waals surface area contributed by atoms with Crippen molar-refractivity contribution in [1.82, 2.24) is 24.0 Å². The molecule has 0 bridgehead atoms. The Hall–Kier alpha value is -3.24. The number of H-pyrrole nitrogens is 1. The zero-order valence-electron chi connectivity index (χ0n) is 19.9. The van der Waals surface area contributed by atoms with E-state index in [1.807, 2.05) is 42.7 Å². The second kappa shape index (κ2) is 8.84. The zero-order valence-corrected chi connectivity index (χ0v) is 19.9. The number of para-hydroxylation sites is 2. The Morgan fingerprint density at radius 2 is 1.97 bits per heavy atom. The van der Waals surface area contributed by atoms with E-state index in [2.05, 4.69) is 9.97 Å². The molecule has 3 atom stereocenters. The molecule has 10 heteroatoms. The van der Waals surface area contributed by atoms with Crippen molar-refractivity contribution in [3.05, 3.63) is 62.7 Å². The number of aromatic nitrogens is 4. The predicted octanol–water partition coefficient (Wildman–Crippen LogP) is 0.904. The average Bonchev–Trinajstić information content (AvgIpc) is 3.06. The number of nitrogens with one attached hydrogen (secondary N) is 1. The molecule has 182 valence electrons. The maximum atomic E-state index is 13.5. The Labute approximate surface area is 196 Å². The molecule has 1 aromatic carbocycles. The number of fused-ring (bicyclic) bond motifs is 1. The summed E-state index contributed by atoms with van der Waals surface area (Å²) in [5, 5.41) is 21.8. The largest absolute Gasteiger partial charge is 0.391 e. The molecule has 0 aliphatic carbocycles. The number of aliphatic hydroxyl groups is 2. The van der Waals surface area contributed by atoms with Crippen molar-refractivity contribution >= 4 is 16.9 Å². The van der Waals surface area contributed by atoms with Crippen molar-refractivity contribution in [2.45, 2.75) is 64.3 Å². The zero-order chi connectivity index (χ0) is 24.8. The number of aryl methyl sites for hydroxylation is 1. The normalized spacial score (nSPS) is 23.4. The van der Waals surface area contributed by atoms with Gasteiger partial charge in [0.2, 0.25) is 5.91 Å². The van der Waals surface area contributed by atoms with Crippen molar-refractivity contribution < 1.29 is 15.0 Å². The minimum Gasteiger partial charge on any atom is -0.391 e. The summed E-state index contributed by atoms with van der Waals surface area (Å²) in [6.45, 7) is 7.14. The lowest BCUT2D eigenvalue weighted by Crippen LogP contribution is -2.48. The number of aromatic amines is 1. The Kier molecular flexibility index (Phi) is 6.22. The lowest BCUT2D eigenvalue weighted by atomic mass is 9.91. The molecule has 2 aromatic heterocycles. The van der Waals surface area contributed by atoms with Crippen molar-refractivity contribution in [2.24, 2.45) is 0 Å². The second-order valence-corrected chi connectivity index (χ2v) is 9.71. The standard InChI is InChI=1S/C24H31N5O5/c1-14(2)21-25-17-7-5-6-8-18(17)28(21)13-20(31)27-11-16(30)9-24(4,34)19(12-27)29-10-15(3)22(32)26-23(29)33/h5-8,10,14,16,19,30,34H,9,11-13H2,1-4H3,(H,26,32,33)/t16-,19+,24+/m1/s1. The summed E-state index contributed by atoms with van der Waals surface area (Å²) in [7, 11) is 0. The summed E-state index contributed by atoms with van der Waals surface area (Å²) in [5.41, 5.74) is -0.724. The molecular formula is C24H31N5O5. The number of β-amino-alcohol motifs (C(OH)–C–C–N with tert-alkyl or cyclic N) is 1. The Balaban J connectivity index is 1.71. The van der Waals surface area contributed by atoms with Gasteiger partial charge in [-0.1, -0.05) is 26.0 Å². The number of benzene rings is 1. The average molecular weight is 470 g/mol. The summed E-state index contributed by atoms with van der Waals surface area (Å²) in [6, 6.07) is 6.74. The quantitative estimate of drug-likeness (QED) is 0.520. The molecule has 3 aromatic rings. The molecule has 1 amide bonds. The number of carbonyl (C=O) groups is 1. The third-order valence-electron chi connectivity index (χ3n) is 6.52. The van der Waals surface area contributed by atoms with Crippen LogP contribution in [0.3, 0.4) is 0 Å². The minimum absolute atomic E-state index is 0.00206. The Morgan fingerprint density at radius 3 is 2.68 bits per heavy atom. The first-order chi connectivity index (χ1) is 16.0. The summed E-state index contributed by atoms with van der Waals surface area (Å²) in [6.07, 6.45) is 0.380. The fourth-order valence-electron chi connectivity index (χ4n) is 4.76. The summed E-state index contributed by atoms with van der Waals surface area (Å²) in [4.78, 5) is 46.4. The molecule has 0 radical (unpaired) electrons. The molecule has 0 saturated carbocycles. The fraction of sp³-hybridized carbons (Fsp3) is 0.500. The monoisotopic (exact) mass is 469 g/mol. The Morgan fingerprint density at radius 1 is 1.26 bits per heavy atom. The van der Waals surface area contributed by atoms with Crippen molar-refractivity contribution in [3.8, 4) is 0 Å². The van der Waals surface area contributed by atoms with E-state index in [0.29, 0.717) is 5.56 Å². The lowest BCUT2D eigenvalue weighted by Gasteiger charge is -2.34. The van der Waals surface area contributed by atoms with Crippen LogP contribution in [0.4, 0.5) is 0 Å². The van der Waals surface area contributed by atoms with E-state index < -0.39 is 29.0 Å². The van der Waals surface area contributed by atoms with Gasteiger partial charge in [-0.25, -0.2) is 9.78 Å². The van der Waals surface area contributed by atoms with Crippen LogP contribution in [0.25, 0.3) is 11.0 Å². The van der Waals surface area contributed by atoms with Gasteiger partial charge in [0.05, 0.1) is 28.8 Å². The second-order valence-electron chi connectivity index (χ2n) is 9.71. The molecule has 10 nitrogen and oxygen atoms in total. The third-order valence-corrected chi connectivity index (χ3v) is 6.52. The van der Waals surface area contributed by atoms with E-state index in [-0.39, 0.29) is 37.9 Å². The topological polar surface area (TPSA) is 133 Å². The highest BCUT2D eigenvalue weighted by Gasteiger charge is 2.42. The minimum atomic E-state index is -1.49. The van der Waals surface area contributed by atoms with Crippen LogP contribution in [0.2, 0.25) is 0 Å². The number of amides is 1. The number of likely N-dealkylation sites (tertiary alicyclic amines) is 1. The summed E-state index contributed by atoms with van der Waals surface area (Å²) in [5.74, 6) is 0.605. The van der Waals surface area contributed by atoms with Gasteiger partial charge in [0.25, 0.3) is 5.56 Å². The van der Waals surface area contributed by atoms with Crippen LogP contribution in [-0.2, 0) is 11.3 Å². The predicted molar refractivity (Wildman–Crippen MR) is 127 cm³/mol. The van der Waals surface area contributed by atoms with Crippen molar-refractivity contribution in [3.63, 3.8) is 0 Å². The van der Waals surface area contributed by atoms with Gasteiger partial charge < -0.3 is 19.7 Å². The summed E-state index contributed by atoms with van der Waals surface area (Å²) >= 11 is 0. The number of rotatable bonds is 4. The molecular weight excluding hydrogens is 438 g/mol. The van der Waals surface area contributed by atoms with E-state index in [9.17, 15) is 24.6 Å². The van der Waals surface area contributed by atoms with E-state index in [4.69, 9.17) is 0 Å². The van der Waals surface area contributed by atoms with Crippen LogP contribution >= 0.6 is 0 Å². The van der Waals surface area contributed by atoms with E-state index in [0.717, 1.165) is 16.9 Å². The van der Waals surface area contributed by atoms with E-state index in [1.165, 1.54) is 22.6 Å². The van der Waals surface area contributed by atoms with Crippen LogP contribution in [-0.4, -0.2) is 64.9 Å². The van der Waals surface area contributed by atoms with Gasteiger partial charge in [0, 0.05) is 37.2 Å². The van der Waals surface area contributed by atoms with Gasteiger partial charge >= 0.3 is 5.69 Å². The first-order valence-electron chi connectivity index (χ1n) is 11.4. The van der Waals surface area contributed by atoms with Crippen molar-refractivity contribution in [2.75, 3.05) is 13.1 Å². The van der Waals surface area contributed by atoms with Crippen LogP contribution in [0, 0.1) is 6.92 Å². The maximum absolute atomic E-state index is 13.5. The summed E-state index contributed by atoms with van der Waals surface area (Å²) < 4.78 is 3.13. The first kappa shape index (κ1) is 23.9. The van der Waals surface area contributed by atoms with Gasteiger partial charge in [0.1, 0.15) is 12.4 Å². The number of carbonyl (C=O) groups excluding carboxylic acids is 1. The molecule has 3 heterocycles. The number of hydrogen-bond donors (Lipinski definition) is 3. The van der Waals surface area contributed by atoms with Crippen molar-refractivity contribution in [1.29, 1.82) is 0 Å². The smallest absolute Gasteiger partial charge is 0.328 e. The molecule has 4 rings (SSSR count). The molecule has 34 heavy (non-hydrogen) atoms. The molecule has 0 unspecified atom stereocenters. The molecule has 1 saturated heterocycles. The maximum Gasteiger partial charge on any atom is 0.328 e. The number of aliphatic hydroxyl groups excluding tert-OH is 1. The van der Waals surface area contributed by atoms with Gasteiger partial charge in [-0.3, -0.25) is 19.1 Å². The molecule has 1 aliphatic rings.